The third-order valence-corrected chi connectivity index (χ3v) is 10.6. The molecule has 0 radical (unpaired) electrons. The molecule has 0 aliphatic rings. The first kappa shape index (κ1) is 42.2. The topological polar surface area (TPSA) is 17.8 Å². The lowest BCUT2D eigenvalue weighted by atomic mass is 9.92. The highest BCUT2D eigenvalue weighted by Gasteiger charge is 2.19. The normalized spacial score (nSPS) is 13.1. The van der Waals surface area contributed by atoms with Gasteiger partial charge in [-0.15, -0.1) is 0 Å². The molecule has 0 spiro atoms. The molecule has 45 heavy (non-hydrogen) atoms. The molecule has 0 saturated carbocycles. The SMILES string of the molecule is CCCCCCCCCCCCCCCCCC(CCCCCCCCC)c1nccn1C(C)CCCCCCCCCCC. The first-order chi connectivity index (χ1) is 22.2. The largest absolute Gasteiger partial charge is 0.332 e. The summed E-state index contributed by atoms with van der Waals surface area (Å²) in [5.41, 5.74) is 0. The van der Waals surface area contributed by atoms with Crippen LogP contribution in [0.2, 0.25) is 0 Å². The quantitative estimate of drug-likeness (QED) is 0.0676. The molecular formula is C43H84N2. The molecule has 0 aliphatic heterocycles. The van der Waals surface area contributed by atoms with Crippen LogP contribution in [0.5, 0.6) is 0 Å². The lowest BCUT2D eigenvalue weighted by Gasteiger charge is -2.22. The molecule has 1 rings (SSSR count). The van der Waals surface area contributed by atoms with Gasteiger partial charge in [0.2, 0.25) is 0 Å². The van der Waals surface area contributed by atoms with E-state index in [2.05, 4.69) is 44.7 Å². The van der Waals surface area contributed by atoms with Crippen LogP contribution in [0.4, 0.5) is 0 Å². The van der Waals surface area contributed by atoms with Crippen molar-refractivity contribution < 1.29 is 0 Å². The van der Waals surface area contributed by atoms with Gasteiger partial charge in [-0.2, -0.15) is 0 Å². The van der Waals surface area contributed by atoms with Gasteiger partial charge < -0.3 is 4.57 Å². The average Bonchev–Trinajstić information content (AvgIpc) is 3.54. The van der Waals surface area contributed by atoms with E-state index in [9.17, 15) is 0 Å². The third-order valence-electron chi connectivity index (χ3n) is 10.6. The van der Waals surface area contributed by atoms with Crippen LogP contribution in [0.25, 0.3) is 0 Å². The summed E-state index contributed by atoms with van der Waals surface area (Å²) in [6, 6.07) is 0.588. The number of nitrogens with zero attached hydrogens (tertiary/aromatic N) is 2. The second-order valence-corrected chi connectivity index (χ2v) is 15.0. The zero-order chi connectivity index (χ0) is 32.5. The lowest BCUT2D eigenvalue weighted by Crippen LogP contribution is -2.13. The highest BCUT2D eigenvalue weighted by molar-refractivity contribution is 5.02. The Morgan fingerprint density at radius 3 is 1.04 bits per heavy atom. The Balaban J connectivity index is 2.35. The van der Waals surface area contributed by atoms with Crippen LogP contribution in [0.3, 0.4) is 0 Å². The molecule has 2 nitrogen and oxygen atoms in total. The van der Waals surface area contributed by atoms with Gasteiger partial charge in [-0.05, 0) is 26.2 Å². The Bertz CT molecular complexity index is 694. The molecule has 1 aromatic heterocycles. The van der Waals surface area contributed by atoms with Crippen LogP contribution >= 0.6 is 0 Å². The van der Waals surface area contributed by atoms with Gasteiger partial charge in [-0.1, -0.05) is 220 Å². The predicted molar refractivity (Wildman–Crippen MR) is 204 cm³/mol. The predicted octanol–water partition coefficient (Wildman–Crippen LogP) is 15.9. The number of aromatic nitrogens is 2. The summed E-state index contributed by atoms with van der Waals surface area (Å²) in [6.45, 7) is 9.40. The smallest absolute Gasteiger partial charge is 0.111 e. The van der Waals surface area contributed by atoms with E-state index in [1.807, 2.05) is 0 Å². The maximum absolute atomic E-state index is 5.02. The van der Waals surface area contributed by atoms with Crippen molar-refractivity contribution in [1.29, 1.82) is 0 Å². The van der Waals surface area contributed by atoms with Crippen LogP contribution in [-0.4, -0.2) is 9.55 Å². The standard InChI is InChI=1S/C43H84N2/c1-5-8-11-14-17-19-20-21-22-23-24-26-29-32-35-38-42(37-34-31-27-16-13-10-7-3)43-44-39-40-45(43)41(4)36-33-30-28-25-18-15-12-9-6-2/h39-42H,5-38H2,1-4H3. The zero-order valence-corrected chi connectivity index (χ0v) is 31.7. The molecule has 2 unspecified atom stereocenters. The summed E-state index contributed by atoms with van der Waals surface area (Å²) in [7, 11) is 0. The van der Waals surface area contributed by atoms with Gasteiger partial charge in [-0.3, -0.25) is 0 Å². The molecule has 0 bridgehead atoms. The Morgan fingerprint density at radius 1 is 0.422 bits per heavy atom. The van der Waals surface area contributed by atoms with E-state index in [-0.39, 0.29) is 0 Å². The molecule has 1 aromatic rings. The first-order valence-electron chi connectivity index (χ1n) is 21.3. The van der Waals surface area contributed by atoms with E-state index in [0.29, 0.717) is 12.0 Å². The molecule has 266 valence electrons. The molecule has 0 fully saturated rings. The van der Waals surface area contributed by atoms with E-state index in [0.717, 1.165) is 0 Å². The molecule has 2 heteroatoms. The van der Waals surface area contributed by atoms with Gasteiger partial charge in [-0.25, -0.2) is 4.98 Å². The van der Waals surface area contributed by atoms with Crippen molar-refractivity contribution in [2.75, 3.05) is 0 Å². The molecule has 2 atom stereocenters. The third kappa shape index (κ3) is 25.0. The fraction of sp³-hybridized carbons (Fsp3) is 0.930. The van der Waals surface area contributed by atoms with Crippen molar-refractivity contribution in [2.24, 2.45) is 0 Å². The van der Waals surface area contributed by atoms with Gasteiger partial charge in [0.25, 0.3) is 0 Å². The van der Waals surface area contributed by atoms with Crippen molar-refractivity contribution in [3.8, 4) is 0 Å². The van der Waals surface area contributed by atoms with Gasteiger partial charge in [0.05, 0.1) is 0 Å². The van der Waals surface area contributed by atoms with E-state index < -0.39 is 0 Å². The number of hydrogen-bond donors (Lipinski definition) is 0. The number of unbranched alkanes of at least 4 members (excludes halogenated alkanes) is 28. The molecule has 0 saturated heterocycles. The van der Waals surface area contributed by atoms with E-state index in [1.54, 1.807) is 0 Å². The van der Waals surface area contributed by atoms with Crippen molar-refractivity contribution >= 4 is 0 Å². The van der Waals surface area contributed by atoms with Crippen molar-refractivity contribution in [3.63, 3.8) is 0 Å². The minimum atomic E-state index is 0.588. The number of rotatable bonds is 36. The van der Waals surface area contributed by atoms with E-state index >= 15 is 0 Å². The summed E-state index contributed by atoms with van der Waals surface area (Å²) < 4.78 is 2.59. The second-order valence-electron chi connectivity index (χ2n) is 15.0. The monoisotopic (exact) mass is 629 g/mol. The van der Waals surface area contributed by atoms with Crippen molar-refractivity contribution in [1.82, 2.24) is 9.55 Å². The molecular weight excluding hydrogens is 544 g/mol. The van der Waals surface area contributed by atoms with Crippen molar-refractivity contribution in [2.45, 2.75) is 258 Å². The maximum Gasteiger partial charge on any atom is 0.111 e. The number of hydrogen-bond acceptors (Lipinski definition) is 1. The fourth-order valence-corrected chi connectivity index (χ4v) is 7.42. The zero-order valence-electron chi connectivity index (χ0n) is 31.7. The van der Waals surface area contributed by atoms with Gasteiger partial charge >= 0.3 is 0 Å². The lowest BCUT2D eigenvalue weighted by molar-refractivity contribution is 0.412. The van der Waals surface area contributed by atoms with Crippen LogP contribution < -0.4 is 0 Å². The summed E-state index contributed by atoms with van der Waals surface area (Å²) in [4.78, 5) is 5.02. The molecule has 1 heterocycles. The molecule has 0 N–H and O–H groups in total. The minimum Gasteiger partial charge on any atom is -0.332 e. The highest BCUT2D eigenvalue weighted by atomic mass is 15.1. The first-order valence-corrected chi connectivity index (χ1v) is 21.3. The highest BCUT2D eigenvalue weighted by Crippen LogP contribution is 2.31. The Kier molecular flexibility index (Phi) is 31.1. The Hall–Kier alpha value is -0.790. The summed E-state index contributed by atoms with van der Waals surface area (Å²) in [6.07, 6.45) is 52.7. The summed E-state index contributed by atoms with van der Waals surface area (Å²) in [5, 5.41) is 0. The van der Waals surface area contributed by atoms with Gasteiger partial charge in [0, 0.05) is 24.4 Å². The summed E-state index contributed by atoms with van der Waals surface area (Å²) in [5.74, 6) is 2.07. The Morgan fingerprint density at radius 2 is 0.711 bits per heavy atom. The number of imidazole rings is 1. The second kappa shape index (κ2) is 33.1. The molecule has 0 aromatic carbocycles. The summed E-state index contributed by atoms with van der Waals surface area (Å²) >= 11 is 0. The van der Waals surface area contributed by atoms with E-state index in [1.165, 1.54) is 224 Å². The van der Waals surface area contributed by atoms with Gasteiger partial charge in [0.1, 0.15) is 5.82 Å². The van der Waals surface area contributed by atoms with E-state index in [4.69, 9.17) is 4.98 Å². The maximum atomic E-state index is 5.02. The minimum absolute atomic E-state index is 0.588. The fourth-order valence-electron chi connectivity index (χ4n) is 7.42. The molecule has 0 aliphatic carbocycles. The van der Waals surface area contributed by atoms with Crippen LogP contribution in [0.1, 0.15) is 264 Å². The molecule has 0 amide bonds. The van der Waals surface area contributed by atoms with Crippen LogP contribution in [0, 0.1) is 0 Å². The Labute approximate surface area is 285 Å². The average molecular weight is 629 g/mol. The van der Waals surface area contributed by atoms with Crippen molar-refractivity contribution in [3.05, 3.63) is 18.2 Å². The van der Waals surface area contributed by atoms with Gasteiger partial charge in [0.15, 0.2) is 0 Å². The van der Waals surface area contributed by atoms with Crippen LogP contribution in [-0.2, 0) is 0 Å². The van der Waals surface area contributed by atoms with Crippen LogP contribution in [0.15, 0.2) is 12.4 Å².